The number of nitrogens with zero attached hydrogens (tertiary/aromatic N) is 4. The molecule has 0 saturated carbocycles. The highest BCUT2D eigenvalue weighted by Gasteiger charge is 2.51. The van der Waals surface area contributed by atoms with Crippen LogP contribution in [0.25, 0.3) is 10.9 Å². The van der Waals surface area contributed by atoms with Crippen molar-refractivity contribution in [2.75, 3.05) is 25.7 Å². The number of anilines is 1. The topological polar surface area (TPSA) is 97.2 Å². The van der Waals surface area contributed by atoms with E-state index in [0.29, 0.717) is 30.0 Å². The van der Waals surface area contributed by atoms with Gasteiger partial charge in [0.15, 0.2) is 10.9 Å². The molecule has 0 radical (unpaired) electrons. The third-order valence-electron chi connectivity index (χ3n) is 9.00. The smallest absolute Gasteiger partial charge is 0.291 e. The van der Waals surface area contributed by atoms with Crippen molar-refractivity contribution in [1.82, 2.24) is 14.5 Å². The van der Waals surface area contributed by atoms with Gasteiger partial charge in [0.25, 0.3) is 5.56 Å². The van der Waals surface area contributed by atoms with E-state index in [0.717, 1.165) is 27.2 Å². The second kappa shape index (κ2) is 14.3. The Labute approximate surface area is 308 Å². The maximum atomic E-state index is 15.6. The first-order valence-corrected chi connectivity index (χ1v) is 17.1. The molecule has 0 N–H and O–H groups in total. The van der Waals surface area contributed by atoms with Crippen molar-refractivity contribution in [3.8, 4) is 17.2 Å². The Bertz CT molecular complexity index is 2170. The number of halogens is 4. The lowest BCUT2D eigenvalue weighted by Crippen LogP contribution is -2.35. The molecule has 7 rings (SSSR count). The molecular weight excluding hydrogens is 717 g/mol. The lowest BCUT2D eigenvalue weighted by atomic mass is 10.1. The Kier molecular flexibility index (Phi) is 9.83. The summed E-state index contributed by atoms with van der Waals surface area (Å²) in [5.74, 6) is -0.606. The van der Waals surface area contributed by atoms with E-state index in [9.17, 15) is 9.18 Å². The van der Waals surface area contributed by atoms with Gasteiger partial charge in [0.1, 0.15) is 54.0 Å². The lowest BCUT2D eigenvalue weighted by Gasteiger charge is -2.26. The van der Waals surface area contributed by atoms with Crippen LogP contribution in [-0.4, -0.2) is 53.4 Å². The van der Waals surface area contributed by atoms with Gasteiger partial charge in [-0.2, -0.15) is 4.39 Å². The van der Waals surface area contributed by atoms with Crippen LogP contribution in [-0.2, 0) is 22.6 Å². The highest BCUT2D eigenvalue weighted by molar-refractivity contribution is 6.33. The summed E-state index contributed by atoms with van der Waals surface area (Å²) in [7, 11) is 3.22. The van der Waals surface area contributed by atoms with Crippen molar-refractivity contribution in [1.29, 1.82) is 0 Å². The van der Waals surface area contributed by atoms with Gasteiger partial charge in [-0.1, -0.05) is 53.5 Å². The molecule has 5 aromatic rings. The Morgan fingerprint density at radius 1 is 0.904 bits per heavy atom. The van der Waals surface area contributed by atoms with Crippen molar-refractivity contribution in [3.63, 3.8) is 0 Å². The zero-order chi connectivity index (χ0) is 36.7. The van der Waals surface area contributed by atoms with Crippen LogP contribution >= 0.6 is 23.2 Å². The molecule has 0 amide bonds. The van der Waals surface area contributed by atoms with Gasteiger partial charge in [-0.25, -0.2) is 14.4 Å². The second-order valence-corrected chi connectivity index (χ2v) is 13.7. The minimum absolute atomic E-state index is 0.0399. The van der Waals surface area contributed by atoms with E-state index in [2.05, 4.69) is 4.98 Å². The highest BCUT2D eigenvalue weighted by Crippen LogP contribution is 2.43. The maximum absolute atomic E-state index is 15.6. The third kappa shape index (κ3) is 7.16. The predicted molar refractivity (Wildman–Crippen MR) is 192 cm³/mol. The fourth-order valence-corrected chi connectivity index (χ4v) is 6.89. The molecule has 52 heavy (non-hydrogen) atoms. The standard InChI is InChI=1S/C38H34Cl2F2N4O6/c1-38(2)51-33-23(13-31(34(33)52-38)46-20-43-35(40)32(42)37(46)47)19-50-26-14-29(41)27-16-28(39)36(44-30(27)15-26)45(17-21-5-9-24(48-3)10-6-21)18-22-7-11-25(49-4)12-8-22/h5-16,20,31,33-34H,17-19H2,1-4H3/t31-,33-,34+/m1/s1. The van der Waals surface area contributed by atoms with E-state index in [1.54, 1.807) is 46.3 Å². The van der Waals surface area contributed by atoms with Gasteiger partial charge >= 0.3 is 0 Å². The van der Waals surface area contributed by atoms with Gasteiger partial charge < -0.3 is 28.6 Å². The first-order chi connectivity index (χ1) is 24.9. The molecule has 10 nitrogen and oxygen atoms in total. The Balaban J connectivity index is 1.19. The predicted octanol–water partition coefficient (Wildman–Crippen LogP) is 7.68. The van der Waals surface area contributed by atoms with Crippen LogP contribution in [0.15, 0.2) is 89.5 Å². The molecule has 0 bridgehead atoms. The first kappa shape index (κ1) is 35.6. The van der Waals surface area contributed by atoms with Crippen LogP contribution in [0.3, 0.4) is 0 Å². The average molecular weight is 752 g/mol. The average Bonchev–Trinajstić information content (AvgIpc) is 3.62. The Hall–Kier alpha value is -4.75. The van der Waals surface area contributed by atoms with Gasteiger partial charge in [0.2, 0.25) is 5.82 Å². The molecule has 3 atom stereocenters. The molecule has 2 aromatic heterocycles. The zero-order valence-corrected chi connectivity index (χ0v) is 30.1. The summed E-state index contributed by atoms with van der Waals surface area (Å²) >= 11 is 12.6. The number of hydrogen-bond acceptors (Lipinski definition) is 9. The van der Waals surface area contributed by atoms with Gasteiger partial charge in [-0.3, -0.25) is 9.36 Å². The number of aromatic nitrogens is 3. The summed E-state index contributed by atoms with van der Waals surface area (Å²) in [4.78, 5) is 23.4. The van der Waals surface area contributed by atoms with E-state index in [1.807, 2.05) is 53.4 Å². The van der Waals surface area contributed by atoms with Crippen molar-refractivity contribution in [2.24, 2.45) is 0 Å². The second-order valence-electron chi connectivity index (χ2n) is 12.9. The summed E-state index contributed by atoms with van der Waals surface area (Å²) in [6.45, 7) is 4.33. The van der Waals surface area contributed by atoms with E-state index < -0.39 is 46.4 Å². The largest absolute Gasteiger partial charge is 0.497 e. The van der Waals surface area contributed by atoms with E-state index in [1.165, 1.54) is 12.4 Å². The molecule has 3 heterocycles. The lowest BCUT2D eigenvalue weighted by molar-refractivity contribution is -0.148. The van der Waals surface area contributed by atoms with Crippen molar-refractivity contribution in [3.05, 3.63) is 128 Å². The molecule has 1 aliphatic carbocycles. The maximum Gasteiger partial charge on any atom is 0.291 e. The minimum Gasteiger partial charge on any atom is -0.497 e. The third-order valence-corrected chi connectivity index (χ3v) is 9.54. The van der Waals surface area contributed by atoms with E-state index in [4.69, 9.17) is 51.9 Å². The molecular formula is C38H34Cl2F2N4O6. The number of benzene rings is 3. The number of pyridine rings is 1. The van der Waals surface area contributed by atoms with Crippen molar-refractivity contribution in [2.45, 2.75) is 51.0 Å². The van der Waals surface area contributed by atoms with E-state index in [-0.39, 0.29) is 22.8 Å². The fraction of sp³-hybridized carbons (Fsp3) is 0.289. The molecule has 1 aliphatic heterocycles. The molecule has 0 unspecified atom stereocenters. The molecule has 270 valence electrons. The van der Waals surface area contributed by atoms with Crippen molar-refractivity contribution < 1.29 is 32.5 Å². The number of rotatable bonds is 11. The number of hydrogen-bond donors (Lipinski definition) is 0. The number of fused-ring (bicyclic) bond motifs is 2. The molecule has 3 aromatic carbocycles. The van der Waals surface area contributed by atoms with Gasteiger partial charge in [-0.05, 0) is 60.9 Å². The molecule has 14 heteroatoms. The van der Waals surface area contributed by atoms with E-state index >= 15 is 4.39 Å². The zero-order valence-electron chi connectivity index (χ0n) is 28.6. The summed E-state index contributed by atoms with van der Waals surface area (Å²) < 4.78 is 60.2. The minimum atomic E-state index is -1.16. The number of methoxy groups -OCH3 is 2. The summed E-state index contributed by atoms with van der Waals surface area (Å²) in [5.41, 5.74) is 1.98. The molecule has 1 saturated heterocycles. The van der Waals surface area contributed by atoms with Crippen LogP contribution < -0.4 is 24.7 Å². The summed E-state index contributed by atoms with van der Waals surface area (Å²) in [5, 5.41) is -0.0195. The highest BCUT2D eigenvalue weighted by atomic mass is 35.5. The van der Waals surface area contributed by atoms with Crippen LogP contribution in [0, 0.1) is 11.6 Å². The Morgan fingerprint density at radius 3 is 2.15 bits per heavy atom. The van der Waals surface area contributed by atoms with Gasteiger partial charge in [-0.15, -0.1) is 0 Å². The SMILES string of the molecule is COc1ccc(CN(Cc2ccc(OC)cc2)c2nc3cc(OCC4=C[C@@H](n5cnc(Cl)c(F)c5=O)[C@@H]5OC(C)(C)O[C@H]45)cc(F)c3cc2Cl)cc1. The summed E-state index contributed by atoms with van der Waals surface area (Å²) in [6, 6.07) is 19.1. The van der Waals surface area contributed by atoms with Crippen molar-refractivity contribution >= 4 is 39.9 Å². The quantitative estimate of drug-likeness (QED) is 0.0995. The normalized spacial score (nSPS) is 19.0. The van der Waals surface area contributed by atoms with Gasteiger partial charge in [0.05, 0.1) is 30.8 Å². The molecule has 0 spiro atoms. The molecule has 1 fully saturated rings. The first-order valence-electron chi connectivity index (χ1n) is 16.3. The summed E-state index contributed by atoms with van der Waals surface area (Å²) in [6.07, 6.45) is 1.59. The van der Waals surface area contributed by atoms with Crippen LogP contribution in [0.5, 0.6) is 17.2 Å². The van der Waals surface area contributed by atoms with Crippen LogP contribution in [0.1, 0.15) is 31.0 Å². The fourth-order valence-electron chi connectivity index (χ4n) is 6.49. The number of ether oxygens (including phenoxy) is 5. The monoisotopic (exact) mass is 750 g/mol. The van der Waals surface area contributed by atoms with Crippen LogP contribution in [0.2, 0.25) is 10.2 Å². The molecule has 2 aliphatic rings. The van der Waals surface area contributed by atoms with Crippen LogP contribution in [0.4, 0.5) is 14.6 Å². The van der Waals surface area contributed by atoms with Gasteiger partial charge in [0, 0.05) is 30.6 Å². The Morgan fingerprint density at radius 2 is 1.54 bits per heavy atom.